The van der Waals surface area contributed by atoms with Gasteiger partial charge in [0.2, 0.25) is 0 Å². The molecule has 0 radical (unpaired) electrons. The Morgan fingerprint density at radius 1 is 1.47 bits per heavy atom. The van der Waals surface area contributed by atoms with Crippen LogP contribution in [0.4, 0.5) is 0 Å². The molecule has 0 aliphatic rings. The van der Waals surface area contributed by atoms with Crippen LogP contribution >= 0.6 is 0 Å². The predicted octanol–water partition coefficient (Wildman–Crippen LogP) is 1.06. The summed E-state index contributed by atoms with van der Waals surface area (Å²) >= 11 is 0. The van der Waals surface area contributed by atoms with Gasteiger partial charge >= 0.3 is 0 Å². The van der Waals surface area contributed by atoms with Gasteiger partial charge in [0.15, 0.2) is 5.82 Å². The van der Waals surface area contributed by atoms with Crippen molar-refractivity contribution in [1.29, 1.82) is 0 Å². The maximum absolute atomic E-state index is 9.85. The minimum Gasteiger partial charge on any atom is -0.507 e. The number of aromatic hydroxyl groups is 1. The van der Waals surface area contributed by atoms with Gasteiger partial charge in [-0.25, -0.2) is 0 Å². The van der Waals surface area contributed by atoms with Crippen LogP contribution in [0.5, 0.6) is 5.75 Å². The van der Waals surface area contributed by atoms with Crippen molar-refractivity contribution in [3.05, 3.63) is 35.2 Å². The van der Waals surface area contributed by atoms with Gasteiger partial charge in [-0.3, -0.25) is 0 Å². The van der Waals surface area contributed by atoms with Crippen LogP contribution in [-0.2, 0) is 6.54 Å². The molecule has 2 rings (SSSR count). The minimum absolute atomic E-state index is 0.0198. The van der Waals surface area contributed by atoms with Gasteiger partial charge in [-0.1, -0.05) is 23.4 Å². The molecule has 1 aromatic carbocycles. The van der Waals surface area contributed by atoms with E-state index in [0.717, 1.165) is 11.1 Å². The molecule has 1 heterocycles. The maximum atomic E-state index is 9.85. The van der Waals surface area contributed by atoms with Crippen molar-refractivity contribution in [2.24, 2.45) is 0 Å². The third-order valence-electron chi connectivity index (χ3n) is 2.67. The summed E-state index contributed by atoms with van der Waals surface area (Å²) in [7, 11) is 0. The van der Waals surface area contributed by atoms with Crippen LogP contribution in [0.1, 0.15) is 29.9 Å². The molecule has 0 saturated heterocycles. The molecule has 17 heavy (non-hydrogen) atoms. The molecule has 0 bridgehead atoms. The van der Waals surface area contributed by atoms with Crippen molar-refractivity contribution < 1.29 is 5.11 Å². The zero-order chi connectivity index (χ0) is 12.3. The first kappa shape index (κ1) is 11.5. The number of para-hydroxylation sites is 1. The van der Waals surface area contributed by atoms with Crippen molar-refractivity contribution in [1.82, 2.24) is 25.9 Å². The molecular weight excluding hydrogens is 218 g/mol. The lowest BCUT2D eigenvalue weighted by Crippen LogP contribution is -2.19. The second-order valence-electron chi connectivity index (χ2n) is 3.96. The first-order chi connectivity index (χ1) is 8.18. The summed E-state index contributed by atoms with van der Waals surface area (Å²) in [4.78, 5) is 0. The lowest BCUT2D eigenvalue weighted by Gasteiger charge is -2.11. The second kappa shape index (κ2) is 4.92. The SMILES string of the molecule is Cc1cccc(CNC(C)c2nn[nH]n2)c1O. The smallest absolute Gasteiger partial charge is 0.191 e. The Morgan fingerprint density at radius 3 is 3.00 bits per heavy atom. The lowest BCUT2D eigenvalue weighted by atomic mass is 10.1. The molecule has 6 heteroatoms. The van der Waals surface area contributed by atoms with Crippen molar-refractivity contribution in [2.75, 3.05) is 0 Å². The van der Waals surface area contributed by atoms with E-state index in [2.05, 4.69) is 25.9 Å². The number of benzene rings is 1. The molecule has 1 aromatic heterocycles. The molecule has 0 spiro atoms. The van der Waals surface area contributed by atoms with Crippen LogP contribution in [0, 0.1) is 6.92 Å². The van der Waals surface area contributed by atoms with E-state index >= 15 is 0 Å². The van der Waals surface area contributed by atoms with Crippen LogP contribution in [0.3, 0.4) is 0 Å². The second-order valence-corrected chi connectivity index (χ2v) is 3.96. The van der Waals surface area contributed by atoms with E-state index in [0.29, 0.717) is 18.1 Å². The third-order valence-corrected chi connectivity index (χ3v) is 2.67. The summed E-state index contributed by atoms with van der Waals surface area (Å²) in [5, 5.41) is 26.8. The van der Waals surface area contributed by atoms with Crippen LogP contribution in [0.15, 0.2) is 18.2 Å². The van der Waals surface area contributed by atoms with Crippen molar-refractivity contribution in [3.63, 3.8) is 0 Å². The Labute approximate surface area is 99.1 Å². The lowest BCUT2D eigenvalue weighted by molar-refractivity contribution is 0.454. The Kier molecular flexibility index (Phi) is 3.34. The maximum Gasteiger partial charge on any atom is 0.191 e. The Bertz CT molecular complexity index is 483. The summed E-state index contributed by atoms with van der Waals surface area (Å²) in [5.74, 6) is 0.942. The molecule has 0 amide bonds. The summed E-state index contributed by atoms with van der Waals surface area (Å²) in [5.41, 5.74) is 1.73. The average molecular weight is 233 g/mol. The van der Waals surface area contributed by atoms with Gasteiger partial charge in [0, 0.05) is 12.1 Å². The van der Waals surface area contributed by atoms with Crippen molar-refractivity contribution in [3.8, 4) is 5.75 Å². The number of aromatic nitrogens is 4. The number of phenolic OH excluding ortho intramolecular Hbond substituents is 1. The number of phenols is 1. The van der Waals surface area contributed by atoms with Crippen LogP contribution in [0.2, 0.25) is 0 Å². The van der Waals surface area contributed by atoms with Gasteiger partial charge in [0.05, 0.1) is 6.04 Å². The van der Waals surface area contributed by atoms with Gasteiger partial charge in [-0.05, 0) is 19.4 Å². The highest BCUT2D eigenvalue weighted by atomic mass is 16.3. The number of H-pyrrole nitrogens is 1. The predicted molar refractivity (Wildman–Crippen MR) is 62.3 cm³/mol. The number of aromatic amines is 1. The summed E-state index contributed by atoms with van der Waals surface area (Å²) in [6.45, 7) is 4.38. The van der Waals surface area contributed by atoms with E-state index < -0.39 is 0 Å². The molecule has 0 aliphatic heterocycles. The Balaban J connectivity index is 2.00. The average Bonchev–Trinajstić information content (AvgIpc) is 2.84. The fourth-order valence-corrected chi connectivity index (χ4v) is 1.57. The van der Waals surface area contributed by atoms with Gasteiger partial charge in [-0.2, -0.15) is 5.21 Å². The molecule has 2 aromatic rings. The monoisotopic (exact) mass is 233 g/mol. The van der Waals surface area contributed by atoms with E-state index in [1.807, 2.05) is 32.0 Å². The first-order valence-electron chi connectivity index (χ1n) is 5.42. The van der Waals surface area contributed by atoms with Gasteiger partial charge in [0.25, 0.3) is 0 Å². The molecule has 0 aliphatic carbocycles. The molecular formula is C11H15N5O. The molecule has 3 N–H and O–H groups in total. The van der Waals surface area contributed by atoms with Gasteiger partial charge in [0.1, 0.15) is 5.75 Å². The largest absolute Gasteiger partial charge is 0.507 e. The minimum atomic E-state index is -0.0198. The summed E-state index contributed by atoms with van der Waals surface area (Å²) in [6, 6.07) is 5.67. The fourth-order valence-electron chi connectivity index (χ4n) is 1.57. The molecule has 1 atom stereocenters. The van der Waals surface area contributed by atoms with Crippen molar-refractivity contribution >= 4 is 0 Å². The first-order valence-corrected chi connectivity index (χ1v) is 5.42. The summed E-state index contributed by atoms with van der Waals surface area (Å²) in [6.07, 6.45) is 0. The normalized spacial score (nSPS) is 12.6. The van der Waals surface area contributed by atoms with Gasteiger partial charge in [-0.15, -0.1) is 10.2 Å². The number of tetrazole rings is 1. The highest BCUT2D eigenvalue weighted by Crippen LogP contribution is 2.21. The zero-order valence-corrected chi connectivity index (χ0v) is 9.81. The molecule has 6 nitrogen and oxygen atoms in total. The van der Waals surface area contributed by atoms with E-state index in [9.17, 15) is 5.11 Å². The zero-order valence-electron chi connectivity index (χ0n) is 9.81. The number of nitrogens with one attached hydrogen (secondary N) is 2. The Hall–Kier alpha value is -1.95. The number of hydrogen-bond donors (Lipinski definition) is 3. The number of aryl methyl sites for hydroxylation is 1. The summed E-state index contributed by atoms with van der Waals surface area (Å²) < 4.78 is 0. The topological polar surface area (TPSA) is 86.7 Å². The fraction of sp³-hybridized carbons (Fsp3) is 0.364. The quantitative estimate of drug-likeness (QED) is 0.735. The van der Waals surface area contributed by atoms with E-state index in [-0.39, 0.29) is 6.04 Å². The van der Waals surface area contributed by atoms with Crippen molar-refractivity contribution in [2.45, 2.75) is 26.4 Å². The van der Waals surface area contributed by atoms with Crippen LogP contribution in [0.25, 0.3) is 0 Å². The molecule has 0 saturated carbocycles. The van der Waals surface area contributed by atoms with Gasteiger partial charge < -0.3 is 10.4 Å². The van der Waals surface area contributed by atoms with Crippen LogP contribution in [-0.4, -0.2) is 25.7 Å². The molecule has 0 fully saturated rings. The number of rotatable bonds is 4. The third kappa shape index (κ3) is 2.59. The number of nitrogens with zero attached hydrogens (tertiary/aromatic N) is 3. The highest BCUT2D eigenvalue weighted by molar-refractivity contribution is 5.39. The van der Waals surface area contributed by atoms with E-state index in [4.69, 9.17) is 0 Å². The highest BCUT2D eigenvalue weighted by Gasteiger charge is 2.10. The molecule has 90 valence electrons. The Morgan fingerprint density at radius 2 is 2.29 bits per heavy atom. The standard InChI is InChI=1S/C11H15N5O/c1-7-4-3-5-9(10(7)17)6-12-8(2)11-13-15-16-14-11/h3-5,8,12,17H,6H2,1-2H3,(H,13,14,15,16). The van der Waals surface area contributed by atoms with E-state index in [1.165, 1.54) is 0 Å². The van der Waals surface area contributed by atoms with Crippen LogP contribution < -0.4 is 5.32 Å². The number of hydrogen-bond acceptors (Lipinski definition) is 5. The molecule has 1 unspecified atom stereocenters. The van der Waals surface area contributed by atoms with E-state index in [1.54, 1.807) is 0 Å².